The van der Waals surface area contributed by atoms with E-state index in [1.807, 2.05) is 13.0 Å². The van der Waals surface area contributed by atoms with Gasteiger partial charge in [-0.25, -0.2) is 0 Å². The minimum atomic E-state index is -0.349. The fraction of sp³-hybridized carbons (Fsp3) is 0.500. The lowest BCUT2D eigenvalue weighted by atomic mass is 10.0. The molecule has 0 aliphatic carbocycles. The van der Waals surface area contributed by atoms with Crippen LogP contribution in [-0.2, 0) is 4.79 Å². The molecule has 0 saturated carbocycles. The van der Waals surface area contributed by atoms with E-state index in [1.54, 1.807) is 25.1 Å². The summed E-state index contributed by atoms with van der Waals surface area (Å²) in [5.74, 6) is 0.103. The average Bonchev–Trinajstić information content (AvgIpc) is 2.96. The van der Waals surface area contributed by atoms with E-state index in [0.717, 1.165) is 19.5 Å². The van der Waals surface area contributed by atoms with Crippen LogP contribution in [0.2, 0.25) is 5.02 Å². The van der Waals surface area contributed by atoms with E-state index in [0.29, 0.717) is 16.3 Å². The summed E-state index contributed by atoms with van der Waals surface area (Å²) in [5.41, 5.74) is 0.958. The van der Waals surface area contributed by atoms with Gasteiger partial charge in [0.05, 0.1) is 22.7 Å². The molecule has 1 aromatic rings. The molecule has 1 heterocycles. The predicted octanol–water partition coefficient (Wildman–Crippen LogP) is 2.24. The van der Waals surface area contributed by atoms with E-state index >= 15 is 0 Å². The first-order valence-electron chi connectivity index (χ1n) is 7.35. The first-order chi connectivity index (χ1) is 10.4. The number of hydrogen-bond donors (Lipinski definition) is 2. The van der Waals surface area contributed by atoms with Gasteiger partial charge in [-0.15, -0.1) is 0 Å². The number of nitrogens with zero attached hydrogens (tertiary/aromatic N) is 2. The highest BCUT2D eigenvalue weighted by atomic mass is 35.5. The third kappa shape index (κ3) is 3.77. The minimum Gasteiger partial charge on any atom is -0.393 e. The van der Waals surface area contributed by atoms with E-state index in [9.17, 15) is 9.90 Å². The Kier molecular flexibility index (Phi) is 5.41. The molecule has 118 valence electrons. The first-order valence-corrected chi connectivity index (χ1v) is 7.72. The largest absolute Gasteiger partial charge is 0.393 e. The van der Waals surface area contributed by atoms with Crippen LogP contribution in [0, 0.1) is 17.2 Å². The van der Waals surface area contributed by atoms with Gasteiger partial charge in [0.25, 0.3) is 0 Å². The highest BCUT2D eigenvalue weighted by Gasteiger charge is 2.31. The summed E-state index contributed by atoms with van der Waals surface area (Å²) in [7, 11) is 0. The standard InChI is InChI=1S/C16H20ClN3O2/c1-10(20-6-5-13(9-20)11(2)21)16(22)19-14-4-3-12(8-18)15(17)7-14/h3-4,7,10-11,13,21H,5-6,9H2,1-2H3,(H,19,22). The lowest BCUT2D eigenvalue weighted by molar-refractivity contribution is -0.120. The molecule has 3 atom stereocenters. The van der Waals surface area contributed by atoms with Crippen molar-refractivity contribution in [3.8, 4) is 6.07 Å². The first kappa shape index (κ1) is 16.8. The van der Waals surface area contributed by atoms with Crippen LogP contribution in [0.5, 0.6) is 0 Å². The van der Waals surface area contributed by atoms with Gasteiger partial charge in [0.15, 0.2) is 0 Å². The van der Waals surface area contributed by atoms with Crippen molar-refractivity contribution in [1.29, 1.82) is 5.26 Å². The van der Waals surface area contributed by atoms with Crippen LogP contribution in [0.15, 0.2) is 18.2 Å². The molecule has 0 bridgehead atoms. The van der Waals surface area contributed by atoms with Gasteiger partial charge in [-0.3, -0.25) is 9.69 Å². The van der Waals surface area contributed by atoms with Gasteiger partial charge in [0.1, 0.15) is 6.07 Å². The Bertz CT molecular complexity index is 598. The molecule has 2 N–H and O–H groups in total. The Morgan fingerprint density at radius 2 is 2.27 bits per heavy atom. The normalized spacial score (nSPS) is 21.1. The molecular formula is C16H20ClN3O2. The summed E-state index contributed by atoms with van der Waals surface area (Å²) < 4.78 is 0. The van der Waals surface area contributed by atoms with Crippen LogP contribution >= 0.6 is 11.6 Å². The summed E-state index contributed by atoms with van der Waals surface area (Å²) in [6.45, 7) is 5.17. The second-order valence-electron chi connectivity index (χ2n) is 5.76. The number of halogens is 1. The zero-order valence-corrected chi connectivity index (χ0v) is 13.5. The Morgan fingerprint density at radius 1 is 1.55 bits per heavy atom. The van der Waals surface area contributed by atoms with Gasteiger partial charge in [-0.1, -0.05) is 11.6 Å². The molecule has 1 fully saturated rings. The number of anilines is 1. The number of aliphatic hydroxyl groups is 1. The Balaban J connectivity index is 1.97. The topological polar surface area (TPSA) is 76.4 Å². The minimum absolute atomic E-state index is 0.119. The molecular weight excluding hydrogens is 302 g/mol. The number of nitriles is 1. The summed E-state index contributed by atoms with van der Waals surface area (Å²) >= 11 is 5.96. The Hall–Kier alpha value is -1.61. The zero-order valence-electron chi connectivity index (χ0n) is 12.7. The Morgan fingerprint density at radius 3 is 2.82 bits per heavy atom. The van der Waals surface area contributed by atoms with Gasteiger partial charge in [0.2, 0.25) is 5.91 Å². The van der Waals surface area contributed by atoms with Crippen LogP contribution in [0.4, 0.5) is 5.69 Å². The lowest BCUT2D eigenvalue weighted by Gasteiger charge is -2.24. The molecule has 0 radical (unpaired) electrons. The number of nitrogens with one attached hydrogen (secondary N) is 1. The average molecular weight is 322 g/mol. The number of carbonyl (C=O) groups excluding carboxylic acids is 1. The zero-order chi connectivity index (χ0) is 16.3. The molecule has 0 aromatic heterocycles. The van der Waals surface area contributed by atoms with Gasteiger partial charge in [0, 0.05) is 12.2 Å². The molecule has 1 amide bonds. The van der Waals surface area contributed by atoms with Crippen molar-refractivity contribution in [2.24, 2.45) is 5.92 Å². The molecule has 1 aromatic carbocycles. The number of likely N-dealkylation sites (tertiary alicyclic amines) is 1. The highest BCUT2D eigenvalue weighted by molar-refractivity contribution is 6.32. The third-order valence-electron chi connectivity index (χ3n) is 4.22. The lowest BCUT2D eigenvalue weighted by Crippen LogP contribution is -2.41. The number of amides is 1. The second-order valence-corrected chi connectivity index (χ2v) is 6.16. The summed E-state index contributed by atoms with van der Waals surface area (Å²) in [4.78, 5) is 14.4. The molecule has 0 spiro atoms. The van der Waals surface area contributed by atoms with Gasteiger partial charge < -0.3 is 10.4 Å². The predicted molar refractivity (Wildman–Crippen MR) is 85.6 cm³/mol. The van der Waals surface area contributed by atoms with Crippen LogP contribution < -0.4 is 5.32 Å². The number of aliphatic hydroxyl groups excluding tert-OH is 1. The van der Waals surface area contributed by atoms with Crippen LogP contribution in [-0.4, -0.2) is 41.1 Å². The summed E-state index contributed by atoms with van der Waals surface area (Å²) in [5, 5.41) is 21.6. The summed E-state index contributed by atoms with van der Waals surface area (Å²) in [6.07, 6.45) is 0.551. The van der Waals surface area contributed by atoms with Crippen molar-refractivity contribution in [2.75, 3.05) is 18.4 Å². The molecule has 22 heavy (non-hydrogen) atoms. The van der Waals surface area contributed by atoms with Crippen molar-refractivity contribution in [3.63, 3.8) is 0 Å². The fourth-order valence-electron chi connectivity index (χ4n) is 2.66. The molecule has 2 rings (SSSR count). The van der Waals surface area contributed by atoms with Crippen molar-refractivity contribution in [3.05, 3.63) is 28.8 Å². The van der Waals surface area contributed by atoms with Crippen molar-refractivity contribution < 1.29 is 9.90 Å². The van der Waals surface area contributed by atoms with Gasteiger partial charge in [-0.05, 0) is 50.9 Å². The fourth-order valence-corrected chi connectivity index (χ4v) is 2.88. The third-order valence-corrected chi connectivity index (χ3v) is 4.54. The second kappa shape index (κ2) is 7.10. The quantitative estimate of drug-likeness (QED) is 0.891. The van der Waals surface area contributed by atoms with Crippen molar-refractivity contribution in [1.82, 2.24) is 4.90 Å². The van der Waals surface area contributed by atoms with E-state index < -0.39 is 0 Å². The van der Waals surface area contributed by atoms with Gasteiger partial charge >= 0.3 is 0 Å². The molecule has 1 saturated heterocycles. The molecule has 3 unspecified atom stereocenters. The van der Waals surface area contributed by atoms with Gasteiger partial charge in [-0.2, -0.15) is 5.26 Å². The monoisotopic (exact) mass is 321 g/mol. The molecule has 1 aliphatic rings. The van der Waals surface area contributed by atoms with Crippen molar-refractivity contribution in [2.45, 2.75) is 32.4 Å². The smallest absolute Gasteiger partial charge is 0.241 e. The Labute approximate surface area is 135 Å². The highest BCUT2D eigenvalue weighted by Crippen LogP contribution is 2.23. The molecule has 6 heteroatoms. The van der Waals surface area contributed by atoms with Crippen molar-refractivity contribution >= 4 is 23.2 Å². The molecule has 1 aliphatic heterocycles. The summed E-state index contributed by atoms with van der Waals surface area (Å²) in [6, 6.07) is 6.53. The van der Waals surface area contributed by atoms with E-state index in [1.165, 1.54) is 0 Å². The maximum Gasteiger partial charge on any atom is 0.241 e. The number of benzene rings is 1. The molecule has 5 nitrogen and oxygen atoms in total. The van der Waals surface area contributed by atoms with Crippen LogP contribution in [0.3, 0.4) is 0 Å². The number of rotatable bonds is 4. The number of carbonyl (C=O) groups is 1. The van der Waals surface area contributed by atoms with E-state index in [4.69, 9.17) is 16.9 Å². The van der Waals surface area contributed by atoms with E-state index in [-0.39, 0.29) is 24.0 Å². The van der Waals surface area contributed by atoms with Crippen LogP contribution in [0.25, 0.3) is 0 Å². The number of hydrogen-bond acceptors (Lipinski definition) is 4. The van der Waals surface area contributed by atoms with E-state index in [2.05, 4.69) is 10.2 Å². The van der Waals surface area contributed by atoms with Crippen LogP contribution in [0.1, 0.15) is 25.8 Å². The SMILES string of the molecule is CC(O)C1CCN(C(C)C(=O)Nc2ccc(C#N)c(Cl)c2)C1. The maximum atomic E-state index is 12.3. The maximum absolute atomic E-state index is 12.3.